The minimum Gasteiger partial charge on any atom is -0.497 e. The molecular formula is C36H45BNO9PS2. The smallest absolute Gasteiger partial charge is 0.475 e. The highest BCUT2D eigenvalue weighted by Gasteiger charge is 2.44. The zero-order chi connectivity index (χ0) is 35.7. The fourth-order valence-electron chi connectivity index (χ4n) is 5.42. The van der Waals surface area contributed by atoms with Gasteiger partial charge in [0, 0.05) is 31.2 Å². The van der Waals surface area contributed by atoms with Gasteiger partial charge in [-0.15, -0.1) is 0 Å². The molecule has 50 heavy (non-hydrogen) atoms. The van der Waals surface area contributed by atoms with Crippen LogP contribution in [0.1, 0.15) is 36.0 Å². The molecule has 14 heteroatoms. The fraction of sp³-hybridized carbons (Fsp3) is 0.472. The van der Waals surface area contributed by atoms with Crippen LogP contribution in [0.4, 0.5) is 0 Å². The van der Waals surface area contributed by atoms with Gasteiger partial charge in [0.25, 0.3) is 0 Å². The largest absolute Gasteiger partial charge is 0.497 e. The standard InChI is InChI=1S/C36H45BNO9PS2/c1-38-20-23-45-48(39,44-22-9-25-50-49-24-8-21-40-2)47-33-26-35(37)46-34(33)27-43-36(28-10-6-5-7-11-28,29-12-16-31(41-3)17-13-29)30-14-18-32(42-4)19-15-30/h5-7,10-19,33-35H,8-9,20-27H2,2-4H3/t33?,34-,35-,48?/m1/s1. The Bertz CT molecular complexity index is 1450. The summed E-state index contributed by atoms with van der Waals surface area (Å²) in [6.45, 7) is 7.96. The van der Waals surface area contributed by atoms with E-state index in [-0.39, 0.29) is 32.8 Å². The first-order valence-corrected chi connectivity index (χ1v) is 20.4. The van der Waals surface area contributed by atoms with Crippen molar-refractivity contribution in [1.29, 1.82) is 0 Å². The van der Waals surface area contributed by atoms with Crippen LogP contribution in [-0.4, -0.2) is 91.9 Å². The molecule has 1 saturated heterocycles. The maximum absolute atomic E-state index is 13.9. The quantitative estimate of drug-likeness (QED) is 0.0241. The molecule has 4 atom stereocenters. The van der Waals surface area contributed by atoms with E-state index in [1.54, 1.807) is 42.9 Å². The molecular weight excluding hydrogens is 696 g/mol. The van der Waals surface area contributed by atoms with Crippen molar-refractivity contribution in [2.24, 2.45) is 0 Å². The van der Waals surface area contributed by atoms with Crippen LogP contribution in [0, 0.1) is 6.57 Å². The highest BCUT2D eigenvalue weighted by Crippen LogP contribution is 2.53. The van der Waals surface area contributed by atoms with Gasteiger partial charge < -0.3 is 28.5 Å². The average molecular weight is 742 g/mol. The Labute approximate surface area is 305 Å². The van der Waals surface area contributed by atoms with Gasteiger partial charge in [0.2, 0.25) is 6.54 Å². The van der Waals surface area contributed by atoms with E-state index < -0.39 is 31.6 Å². The fourth-order valence-corrected chi connectivity index (χ4v) is 8.95. The van der Waals surface area contributed by atoms with Crippen LogP contribution in [-0.2, 0) is 37.9 Å². The van der Waals surface area contributed by atoms with Gasteiger partial charge in [0.15, 0.2) is 0 Å². The van der Waals surface area contributed by atoms with Crippen LogP contribution < -0.4 is 9.47 Å². The number of phosphoric acid groups is 1. The summed E-state index contributed by atoms with van der Waals surface area (Å²) < 4.78 is 60.5. The Balaban J connectivity index is 1.56. The molecule has 0 N–H and O–H groups in total. The van der Waals surface area contributed by atoms with Crippen LogP contribution in [0.5, 0.6) is 11.5 Å². The minimum absolute atomic E-state index is 0.0151. The molecule has 2 unspecified atom stereocenters. The number of rotatable bonds is 23. The number of ether oxygens (including phenoxy) is 5. The number of nitrogens with zero attached hydrogens (tertiary/aromatic N) is 1. The van der Waals surface area contributed by atoms with Crippen molar-refractivity contribution < 1.29 is 41.8 Å². The van der Waals surface area contributed by atoms with Gasteiger partial charge in [-0.2, -0.15) is 0 Å². The first kappa shape index (κ1) is 40.3. The van der Waals surface area contributed by atoms with E-state index in [1.807, 2.05) is 78.9 Å². The summed E-state index contributed by atoms with van der Waals surface area (Å²) in [5.74, 6) is 3.19. The topological polar surface area (TPSA) is 95.3 Å². The van der Waals surface area contributed by atoms with Crippen molar-refractivity contribution in [2.75, 3.05) is 65.8 Å². The molecule has 3 aromatic rings. The third-order valence-corrected chi connectivity index (χ3v) is 12.0. The molecule has 3 aromatic carbocycles. The van der Waals surface area contributed by atoms with Gasteiger partial charge in [-0.05, 0) is 60.2 Å². The van der Waals surface area contributed by atoms with Crippen molar-refractivity contribution in [3.8, 4) is 11.5 Å². The van der Waals surface area contributed by atoms with Gasteiger partial charge in [-0.1, -0.05) is 76.2 Å². The van der Waals surface area contributed by atoms with Crippen LogP contribution in [0.3, 0.4) is 0 Å². The van der Waals surface area contributed by atoms with Crippen molar-refractivity contribution in [2.45, 2.75) is 43.1 Å². The summed E-state index contributed by atoms with van der Waals surface area (Å²) in [4.78, 5) is 3.31. The van der Waals surface area contributed by atoms with Crippen molar-refractivity contribution in [3.63, 3.8) is 0 Å². The van der Waals surface area contributed by atoms with E-state index in [9.17, 15) is 4.57 Å². The summed E-state index contributed by atoms with van der Waals surface area (Å²) in [5.41, 5.74) is 1.47. The first-order valence-electron chi connectivity index (χ1n) is 16.4. The Morgan fingerprint density at radius 1 is 0.840 bits per heavy atom. The molecule has 0 spiro atoms. The second kappa shape index (κ2) is 21.1. The Morgan fingerprint density at radius 3 is 1.96 bits per heavy atom. The van der Waals surface area contributed by atoms with E-state index in [1.165, 1.54) is 0 Å². The Hall–Kier alpha value is -2.50. The minimum atomic E-state index is -4.08. The van der Waals surface area contributed by atoms with E-state index in [2.05, 4.69) is 4.85 Å². The van der Waals surface area contributed by atoms with Gasteiger partial charge in [0.1, 0.15) is 37.7 Å². The summed E-state index contributed by atoms with van der Waals surface area (Å²) in [7, 11) is 10.6. The predicted octanol–water partition coefficient (Wildman–Crippen LogP) is 7.55. The van der Waals surface area contributed by atoms with Crippen molar-refractivity contribution >= 4 is 37.3 Å². The molecule has 0 aromatic heterocycles. The third kappa shape index (κ3) is 11.5. The van der Waals surface area contributed by atoms with E-state index in [0.717, 1.165) is 41.2 Å². The normalized spacial score (nSPS) is 18.7. The van der Waals surface area contributed by atoms with Gasteiger partial charge in [-0.3, -0.25) is 13.6 Å². The zero-order valence-electron chi connectivity index (χ0n) is 28.8. The lowest BCUT2D eigenvalue weighted by Gasteiger charge is -2.37. The molecule has 10 nitrogen and oxygen atoms in total. The molecule has 268 valence electrons. The van der Waals surface area contributed by atoms with Gasteiger partial charge in [0.05, 0.1) is 33.5 Å². The molecule has 0 bridgehead atoms. The lowest BCUT2D eigenvalue weighted by atomic mass is 9.80. The molecule has 0 aliphatic carbocycles. The van der Waals surface area contributed by atoms with Crippen molar-refractivity contribution in [3.05, 3.63) is 107 Å². The second-order valence-electron chi connectivity index (χ2n) is 11.2. The molecule has 4 rings (SSSR count). The third-order valence-electron chi connectivity index (χ3n) is 7.86. The van der Waals surface area contributed by atoms with E-state index >= 15 is 0 Å². The maximum Gasteiger partial charge on any atom is 0.475 e. The maximum atomic E-state index is 13.9. The van der Waals surface area contributed by atoms with Crippen LogP contribution in [0.25, 0.3) is 4.85 Å². The summed E-state index contributed by atoms with van der Waals surface area (Å²) in [6.07, 6.45) is 0.369. The lowest BCUT2D eigenvalue weighted by Crippen LogP contribution is -2.38. The van der Waals surface area contributed by atoms with Crippen LogP contribution in [0.2, 0.25) is 0 Å². The van der Waals surface area contributed by atoms with Crippen LogP contribution in [0.15, 0.2) is 78.9 Å². The van der Waals surface area contributed by atoms with Gasteiger partial charge in [-0.25, -0.2) is 11.1 Å². The molecule has 0 saturated carbocycles. The summed E-state index contributed by atoms with van der Waals surface area (Å²) in [6, 6.07) is 24.6. The van der Waals surface area contributed by atoms with Crippen molar-refractivity contribution in [1.82, 2.24) is 0 Å². The number of benzene rings is 3. The number of hydrogen-bond acceptors (Lipinski definition) is 11. The molecule has 1 aliphatic rings. The zero-order valence-corrected chi connectivity index (χ0v) is 31.3. The molecule has 1 aliphatic heterocycles. The number of hydrogen-bond donors (Lipinski definition) is 0. The summed E-state index contributed by atoms with van der Waals surface area (Å²) >= 11 is 0. The monoisotopic (exact) mass is 741 g/mol. The highest BCUT2D eigenvalue weighted by molar-refractivity contribution is 8.76. The van der Waals surface area contributed by atoms with Gasteiger partial charge >= 0.3 is 7.82 Å². The van der Waals surface area contributed by atoms with E-state index in [0.29, 0.717) is 17.9 Å². The Morgan fingerprint density at radius 2 is 1.40 bits per heavy atom. The first-order chi connectivity index (χ1) is 24.4. The predicted molar refractivity (Wildman–Crippen MR) is 199 cm³/mol. The molecule has 2 radical (unpaired) electrons. The molecule has 1 fully saturated rings. The number of phosphoric ester groups is 1. The second-order valence-corrected chi connectivity index (χ2v) is 15.6. The summed E-state index contributed by atoms with van der Waals surface area (Å²) in [5, 5.41) is 0. The Kier molecular flexibility index (Phi) is 17.0. The molecule has 0 amide bonds. The van der Waals surface area contributed by atoms with E-state index in [4.69, 9.17) is 51.7 Å². The lowest BCUT2D eigenvalue weighted by molar-refractivity contribution is -0.0744. The highest BCUT2D eigenvalue weighted by atomic mass is 33.1. The molecule has 1 heterocycles. The SMILES string of the molecule is [B][C@H]1CC(OP(=O)(OCCCSSCCCOC)OCC[N+]#[C-])[C@@H](COC(c2ccccc2)(c2ccc(OC)cc2)c2ccc(OC)cc2)O1. The average Bonchev–Trinajstić information content (AvgIpc) is 3.49. The number of methoxy groups -OCH3 is 3. The van der Waals surface area contributed by atoms with Crippen LogP contribution >= 0.6 is 29.4 Å².